The number of amides is 4. The Morgan fingerprint density at radius 2 is 1.74 bits per heavy atom. The molecule has 2 aromatic carbocycles. The quantitative estimate of drug-likeness (QED) is 0.736. The summed E-state index contributed by atoms with van der Waals surface area (Å²) < 4.78 is 5.69. The number of carbonyl (C=O) groups excluding carboxylic acids is 3. The highest BCUT2D eigenvalue weighted by atomic mass is 16.5. The molecule has 1 aliphatic heterocycles. The van der Waals surface area contributed by atoms with Gasteiger partial charge in [0.15, 0.2) is 0 Å². The van der Waals surface area contributed by atoms with Crippen molar-refractivity contribution in [1.82, 2.24) is 10.2 Å². The molecule has 2 N–H and O–H groups in total. The van der Waals surface area contributed by atoms with E-state index in [1.165, 1.54) is 0 Å². The van der Waals surface area contributed by atoms with Crippen LogP contribution >= 0.6 is 0 Å². The average molecular weight is 367 g/mol. The first-order valence-electron chi connectivity index (χ1n) is 8.81. The predicted molar refractivity (Wildman–Crippen MR) is 101 cm³/mol. The number of hydrogen-bond acceptors (Lipinski definition) is 4. The van der Waals surface area contributed by atoms with Crippen molar-refractivity contribution in [2.45, 2.75) is 25.8 Å². The largest absolute Gasteiger partial charge is 0.457 e. The highest BCUT2D eigenvalue weighted by Gasteiger charge is 2.38. The Balaban J connectivity index is 1.55. The van der Waals surface area contributed by atoms with Crippen LogP contribution in [0.3, 0.4) is 0 Å². The third-order valence-corrected chi connectivity index (χ3v) is 4.10. The van der Waals surface area contributed by atoms with E-state index >= 15 is 0 Å². The standard InChI is InChI=1S/C20H21N3O4/c1-2-6-17-19(25)23(20(26)22-17)13-18(24)21-14-9-11-16(12-10-14)27-15-7-4-3-5-8-15/h3-5,7-12,17H,2,6,13H2,1H3,(H,21,24)(H,22,26)/t17-/m0/s1. The van der Waals surface area contributed by atoms with E-state index in [4.69, 9.17) is 4.74 Å². The Kier molecular flexibility index (Phi) is 5.71. The summed E-state index contributed by atoms with van der Waals surface area (Å²) in [5.41, 5.74) is 0.553. The second-order valence-electron chi connectivity index (χ2n) is 6.20. The number of hydrogen-bond donors (Lipinski definition) is 2. The lowest BCUT2D eigenvalue weighted by atomic mass is 10.2. The minimum absolute atomic E-state index is 0.312. The van der Waals surface area contributed by atoms with Gasteiger partial charge in [0.2, 0.25) is 5.91 Å². The lowest BCUT2D eigenvalue weighted by molar-refractivity contribution is -0.130. The lowest BCUT2D eigenvalue weighted by Gasteiger charge is -2.13. The van der Waals surface area contributed by atoms with Crippen molar-refractivity contribution in [1.29, 1.82) is 0 Å². The van der Waals surface area contributed by atoms with Crippen LogP contribution < -0.4 is 15.4 Å². The molecule has 0 aliphatic carbocycles. The third kappa shape index (κ3) is 4.63. The molecule has 7 heteroatoms. The number of urea groups is 1. The summed E-state index contributed by atoms with van der Waals surface area (Å²) in [5.74, 6) is 0.557. The van der Waals surface area contributed by atoms with Crippen molar-refractivity contribution >= 4 is 23.5 Å². The van der Waals surface area contributed by atoms with Crippen LogP contribution in [-0.2, 0) is 9.59 Å². The third-order valence-electron chi connectivity index (χ3n) is 4.10. The molecule has 4 amide bonds. The molecule has 1 fully saturated rings. The Morgan fingerprint density at radius 1 is 1.07 bits per heavy atom. The minimum Gasteiger partial charge on any atom is -0.457 e. The highest BCUT2D eigenvalue weighted by Crippen LogP contribution is 2.22. The van der Waals surface area contributed by atoms with Crippen LogP contribution in [0.4, 0.5) is 10.5 Å². The zero-order chi connectivity index (χ0) is 19.2. The summed E-state index contributed by atoms with van der Waals surface area (Å²) in [4.78, 5) is 37.2. The van der Waals surface area contributed by atoms with E-state index in [-0.39, 0.29) is 12.5 Å². The van der Waals surface area contributed by atoms with Gasteiger partial charge in [-0.05, 0) is 42.8 Å². The topological polar surface area (TPSA) is 87.7 Å². The summed E-state index contributed by atoms with van der Waals surface area (Å²) in [5, 5.41) is 5.27. The molecule has 3 rings (SSSR count). The molecule has 2 aromatic rings. The number of nitrogens with one attached hydrogen (secondary N) is 2. The van der Waals surface area contributed by atoms with Gasteiger partial charge >= 0.3 is 6.03 Å². The number of ether oxygens (including phenoxy) is 1. The summed E-state index contributed by atoms with van der Waals surface area (Å²) in [6, 6.07) is 15.1. The highest BCUT2D eigenvalue weighted by molar-refractivity contribution is 6.07. The zero-order valence-corrected chi connectivity index (χ0v) is 15.0. The molecular weight excluding hydrogens is 346 g/mol. The molecule has 0 unspecified atom stereocenters. The number of benzene rings is 2. The molecule has 1 saturated heterocycles. The first-order valence-corrected chi connectivity index (χ1v) is 8.81. The van der Waals surface area contributed by atoms with Gasteiger partial charge in [0.25, 0.3) is 5.91 Å². The molecule has 0 radical (unpaired) electrons. The van der Waals surface area contributed by atoms with Gasteiger partial charge in [0, 0.05) is 5.69 Å². The molecule has 0 aromatic heterocycles. The second-order valence-corrected chi connectivity index (χ2v) is 6.20. The summed E-state index contributed by atoms with van der Waals surface area (Å²) in [6.45, 7) is 1.62. The van der Waals surface area contributed by atoms with Gasteiger partial charge in [0.05, 0.1) is 0 Å². The number of rotatable bonds is 7. The number of anilines is 1. The molecule has 1 aliphatic rings. The fourth-order valence-corrected chi connectivity index (χ4v) is 2.79. The molecule has 27 heavy (non-hydrogen) atoms. The van der Waals surface area contributed by atoms with Crippen LogP contribution in [0.5, 0.6) is 11.5 Å². The van der Waals surface area contributed by atoms with Gasteiger partial charge in [0.1, 0.15) is 24.1 Å². The maximum absolute atomic E-state index is 12.2. The van der Waals surface area contributed by atoms with Gasteiger partial charge < -0.3 is 15.4 Å². The van der Waals surface area contributed by atoms with Crippen LogP contribution in [0.2, 0.25) is 0 Å². The fraction of sp³-hybridized carbons (Fsp3) is 0.250. The predicted octanol–water partition coefficient (Wildman–Crippen LogP) is 3.14. The van der Waals surface area contributed by atoms with Gasteiger partial charge in [-0.3, -0.25) is 14.5 Å². The molecule has 1 heterocycles. The van der Waals surface area contributed by atoms with Crippen molar-refractivity contribution < 1.29 is 19.1 Å². The lowest BCUT2D eigenvalue weighted by Crippen LogP contribution is -2.38. The Hall–Kier alpha value is -3.35. The van der Waals surface area contributed by atoms with Crippen LogP contribution in [0, 0.1) is 0 Å². The number of para-hydroxylation sites is 1. The number of imide groups is 1. The van der Waals surface area contributed by atoms with Gasteiger partial charge in [-0.25, -0.2) is 4.79 Å². The molecule has 0 bridgehead atoms. The Bertz CT molecular complexity index is 821. The van der Waals surface area contributed by atoms with E-state index in [1.807, 2.05) is 37.3 Å². The van der Waals surface area contributed by atoms with E-state index in [0.717, 1.165) is 17.1 Å². The molecule has 0 saturated carbocycles. The van der Waals surface area contributed by atoms with E-state index in [9.17, 15) is 14.4 Å². The Labute approximate surface area is 157 Å². The summed E-state index contributed by atoms with van der Waals surface area (Å²) >= 11 is 0. The average Bonchev–Trinajstić information content (AvgIpc) is 2.92. The van der Waals surface area contributed by atoms with Crippen molar-refractivity contribution in [3.8, 4) is 11.5 Å². The fourth-order valence-electron chi connectivity index (χ4n) is 2.79. The van der Waals surface area contributed by atoms with E-state index in [2.05, 4.69) is 10.6 Å². The van der Waals surface area contributed by atoms with Gasteiger partial charge in [-0.15, -0.1) is 0 Å². The van der Waals surface area contributed by atoms with Crippen molar-refractivity contribution in [3.05, 3.63) is 54.6 Å². The van der Waals surface area contributed by atoms with Gasteiger partial charge in [-0.1, -0.05) is 31.5 Å². The normalized spacial score (nSPS) is 16.2. The maximum Gasteiger partial charge on any atom is 0.325 e. The number of carbonyl (C=O) groups is 3. The SMILES string of the molecule is CCC[C@@H]1NC(=O)N(CC(=O)Nc2ccc(Oc3ccccc3)cc2)C1=O. The van der Waals surface area contributed by atoms with Crippen molar-refractivity contribution in [2.75, 3.05) is 11.9 Å². The molecule has 0 spiro atoms. The monoisotopic (exact) mass is 367 g/mol. The molecule has 1 atom stereocenters. The van der Waals surface area contributed by atoms with Crippen LogP contribution in [0.1, 0.15) is 19.8 Å². The smallest absolute Gasteiger partial charge is 0.325 e. The Morgan fingerprint density at radius 3 is 2.41 bits per heavy atom. The van der Waals surface area contributed by atoms with E-state index < -0.39 is 18.0 Å². The van der Waals surface area contributed by atoms with Crippen molar-refractivity contribution in [3.63, 3.8) is 0 Å². The molecule has 7 nitrogen and oxygen atoms in total. The maximum atomic E-state index is 12.2. The van der Waals surface area contributed by atoms with E-state index in [0.29, 0.717) is 17.9 Å². The van der Waals surface area contributed by atoms with Crippen molar-refractivity contribution in [2.24, 2.45) is 0 Å². The van der Waals surface area contributed by atoms with Crippen LogP contribution in [-0.4, -0.2) is 35.3 Å². The minimum atomic E-state index is -0.537. The first kappa shape index (κ1) is 18.4. The molecular formula is C20H21N3O4. The summed E-state index contributed by atoms with van der Waals surface area (Å²) in [6.07, 6.45) is 1.33. The zero-order valence-electron chi connectivity index (χ0n) is 15.0. The van der Waals surface area contributed by atoms with Crippen LogP contribution in [0.15, 0.2) is 54.6 Å². The summed E-state index contributed by atoms with van der Waals surface area (Å²) in [7, 11) is 0. The first-order chi connectivity index (χ1) is 13.1. The number of nitrogens with zero attached hydrogens (tertiary/aromatic N) is 1. The molecule has 140 valence electrons. The van der Waals surface area contributed by atoms with Gasteiger partial charge in [-0.2, -0.15) is 0 Å². The van der Waals surface area contributed by atoms with E-state index in [1.54, 1.807) is 24.3 Å². The van der Waals surface area contributed by atoms with Crippen LogP contribution in [0.25, 0.3) is 0 Å². The second kappa shape index (κ2) is 8.35.